The van der Waals surface area contributed by atoms with E-state index in [1.54, 1.807) is 17.4 Å². The fourth-order valence-corrected chi connectivity index (χ4v) is 1.96. The highest BCUT2D eigenvalue weighted by atomic mass is 19.4. The molecule has 1 aromatic carbocycles. The highest BCUT2D eigenvalue weighted by Gasteiger charge is 2.29. The molecule has 0 aromatic heterocycles. The van der Waals surface area contributed by atoms with Crippen molar-refractivity contribution in [1.29, 1.82) is 0 Å². The van der Waals surface area contributed by atoms with Gasteiger partial charge in [-0.1, -0.05) is 19.9 Å². The van der Waals surface area contributed by atoms with Crippen molar-refractivity contribution in [3.05, 3.63) is 29.3 Å². The zero-order valence-corrected chi connectivity index (χ0v) is 12.5. The molecule has 0 bridgehead atoms. The maximum absolute atomic E-state index is 12.0. The molecule has 1 N–H and O–H groups in total. The van der Waals surface area contributed by atoms with Crippen molar-refractivity contribution in [2.75, 3.05) is 6.54 Å². The second-order valence-corrected chi connectivity index (χ2v) is 5.27. The second-order valence-electron chi connectivity index (χ2n) is 5.27. The normalized spacial score (nSPS) is 13.1. The zero-order chi connectivity index (χ0) is 16.2. The van der Waals surface area contributed by atoms with E-state index in [4.69, 9.17) is 4.74 Å². The fourth-order valence-electron chi connectivity index (χ4n) is 1.96. The van der Waals surface area contributed by atoms with Crippen LogP contribution in [0.4, 0.5) is 13.2 Å². The third kappa shape index (κ3) is 5.65. The summed E-state index contributed by atoms with van der Waals surface area (Å²) >= 11 is 0. The van der Waals surface area contributed by atoms with Gasteiger partial charge in [0.25, 0.3) is 5.91 Å². The van der Waals surface area contributed by atoms with E-state index < -0.39 is 24.7 Å². The molecular weight excluding hydrogens is 283 g/mol. The summed E-state index contributed by atoms with van der Waals surface area (Å²) in [4.78, 5) is 11.5. The van der Waals surface area contributed by atoms with Gasteiger partial charge in [0, 0.05) is 0 Å². The number of hydrogen-bond acceptors (Lipinski definition) is 2. The van der Waals surface area contributed by atoms with Gasteiger partial charge >= 0.3 is 6.18 Å². The quantitative estimate of drug-likeness (QED) is 0.903. The smallest absolute Gasteiger partial charge is 0.405 e. The molecule has 3 nitrogen and oxygen atoms in total. The molecule has 21 heavy (non-hydrogen) atoms. The average Bonchev–Trinajstić information content (AvgIpc) is 2.34. The molecule has 1 rings (SSSR count). The Morgan fingerprint density at radius 1 is 1.29 bits per heavy atom. The number of benzene rings is 1. The average molecular weight is 303 g/mol. The lowest BCUT2D eigenvalue weighted by Crippen LogP contribution is -2.41. The molecule has 1 atom stereocenters. The van der Waals surface area contributed by atoms with E-state index in [9.17, 15) is 18.0 Å². The number of alkyl halides is 3. The maximum Gasteiger partial charge on any atom is 0.405 e. The first-order valence-corrected chi connectivity index (χ1v) is 6.72. The first-order chi connectivity index (χ1) is 9.60. The summed E-state index contributed by atoms with van der Waals surface area (Å²) in [6, 6.07) is 5.40. The predicted octanol–water partition coefficient (Wildman–Crippen LogP) is 3.56. The maximum atomic E-state index is 12.0. The molecular formula is C15H20F3NO2. The van der Waals surface area contributed by atoms with E-state index in [1.807, 2.05) is 13.0 Å². The number of rotatable bonds is 5. The molecule has 0 spiro atoms. The largest absolute Gasteiger partial charge is 0.481 e. The first kappa shape index (κ1) is 17.3. The van der Waals surface area contributed by atoms with Crippen molar-refractivity contribution in [2.45, 2.75) is 45.9 Å². The number of ether oxygens (including phenoxy) is 1. The van der Waals surface area contributed by atoms with Crippen LogP contribution in [0.3, 0.4) is 0 Å². The van der Waals surface area contributed by atoms with Crippen LogP contribution >= 0.6 is 0 Å². The number of amides is 1. The number of aryl methyl sites for hydroxylation is 1. The van der Waals surface area contributed by atoms with Gasteiger partial charge in [0.1, 0.15) is 12.3 Å². The Hall–Kier alpha value is -1.72. The monoisotopic (exact) mass is 303 g/mol. The minimum atomic E-state index is -4.43. The van der Waals surface area contributed by atoms with Crippen molar-refractivity contribution in [3.8, 4) is 5.75 Å². The lowest BCUT2D eigenvalue weighted by molar-refractivity contribution is -0.142. The number of halogens is 3. The SMILES string of the molecule is Cc1cc(OC(C)C(=O)NCC(F)(F)F)ccc1C(C)C. The van der Waals surface area contributed by atoms with Gasteiger partial charge in [0.05, 0.1) is 0 Å². The van der Waals surface area contributed by atoms with E-state index in [-0.39, 0.29) is 0 Å². The third-order valence-corrected chi connectivity index (χ3v) is 3.01. The number of nitrogens with one attached hydrogen (secondary N) is 1. The molecule has 118 valence electrons. The molecule has 0 fully saturated rings. The molecule has 0 aliphatic rings. The predicted molar refractivity (Wildman–Crippen MR) is 74.4 cm³/mol. The zero-order valence-electron chi connectivity index (χ0n) is 12.5. The molecule has 0 aliphatic heterocycles. The van der Waals surface area contributed by atoms with E-state index >= 15 is 0 Å². The lowest BCUT2D eigenvalue weighted by atomic mass is 9.98. The van der Waals surface area contributed by atoms with Crippen LogP contribution in [-0.4, -0.2) is 24.7 Å². The van der Waals surface area contributed by atoms with Gasteiger partial charge in [-0.3, -0.25) is 4.79 Å². The van der Waals surface area contributed by atoms with Crippen molar-refractivity contribution in [2.24, 2.45) is 0 Å². The van der Waals surface area contributed by atoms with Crippen LogP contribution in [0, 0.1) is 6.92 Å². The van der Waals surface area contributed by atoms with Gasteiger partial charge in [-0.15, -0.1) is 0 Å². The van der Waals surface area contributed by atoms with Crippen LogP contribution in [0.2, 0.25) is 0 Å². The molecule has 6 heteroatoms. The highest BCUT2D eigenvalue weighted by Crippen LogP contribution is 2.24. The fraction of sp³-hybridized carbons (Fsp3) is 0.533. The van der Waals surface area contributed by atoms with Crippen LogP contribution in [0.25, 0.3) is 0 Å². The standard InChI is InChI=1S/C15H20F3NO2/c1-9(2)13-6-5-12(7-10(13)3)21-11(4)14(20)19-8-15(16,17)18/h5-7,9,11H,8H2,1-4H3,(H,19,20). The van der Waals surface area contributed by atoms with Crippen LogP contribution in [0.1, 0.15) is 37.8 Å². The molecule has 0 heterocycles. The Morgan fingerprint density at radius 3 is 2.38 bits per heavy atom. The Morgan fingerprint density at radius 2 is 1.90 bits per heavy atom. The Balaban J connectivity index is 2.64. The summed E-state index contributed by atoms with van der Waals surface area (Å²) in [6.45, 7) is 6.12. The van der Waals surface area contributed by atoms with Crippen molar-refractivity contribution >= 4 is 5.91 Å². The summed E-state index contributed by atoms with van der Waals surface area (Å²) in [6.07, 6.45) is -5.41. The van der Waals surface area contributed by atoms with E-state index in [1.165, 1.54) is 6.92 Å². The Labute approximate surface area is 122 Å². The minimum absolute atomic E-state index is 0.367. The summed E-state index contributed by atoms with van der Waals surface area (Å²) in [7, 11) is 0. The first-order valence-electron chi connectivity index (χ1n) is 6.72. The van der Waals surface area contributed by atoms with Crippen LogP contribution in [0.15, 0.2) is 18.2 Å². The van der Waals surface area contributed by atoms with Crippen molar-refractivity contribution in [1.82, 2.24) is 5.32 Å². The van der Waals surface area contributed by atoms with E-state index in [2.05, 4.69) is 13.8 Å². The van der Waals surface area contributed by atoms with Gasteiger partial charge < -0.3 is 10.1 Å². The van der Waals surface area contributed by atoms with Crippen molar-refractivity contribution in [3.63, 3.8) is 0 Å². The summed E-state index contributed by atoms with van der Waals surface area (Å²) < 4.78 is 41.4. The molecule has 1 unspecified atom stereocenters. The van der Waals surface area contributed by atoms with Gasteiger partial charge in [0.2, 0.25) is 0 Å². The number of hydrogen-bond donors (Lipinski definition) is 1. The summed E-state index contributed by atoms with van der Waals surface area (Å²) in [5, 5.41) is 1.80. The molecule has 0 saturated carbocycles. The van der Waals surface area contributed by atoms with Gasteiger partial charge in [-0.25, -0.2) is 0 Å². The Kier molecular flexibility index (Phi) is 5.63. The highest BCUT2D eigenvalue weighted by molar-refractivity contribution is 5.80. The molecule has 0 saturated heterocycles. The summed E-state index contributed by atoms with van der Waals surface area (Å²) in [5.74, 6) is 0.0380. The third-order valence-electron chi connectivity index (χ3n) is 3.01. The van der Waals surface area contributed by atoms with Crippen LogP contribution < -0.4 is 10.1 Å². The molecule has 1 aromatic rings. The minimum Gasteiger partial charge on any atom is -0.481 e. The van der Waals surface area contributed by atoms with Gasteiger partial charge in [0.15, 0.2) is 6.10 Å². The molecule has 0 aliphatic carbocycles. The topological polar surface area (TPSA) is 38.3 Å². The van der Waals surface area contributed by atoms with Crippen LogP contribution in [0.5, 0.6) is 5.75 Å². The second kappa shape index (κ2) is 6.83. The molecule has 1 amide bonds. The molecule has 0 radical (unpaired) electrons. The van der Waals surface area contributed by atoms with E-state index in [0.29, 0.717) is 11.7 Å². The number of carbonyl (C=O) groups is 1. The summed E-state index contributed by atoms with van der Waals surface area (Å²) in [5.41, 5.74) is 2.18. The van der Waals surface area contributed by atoms with E-state index in [0.717, 1.165) is 11.1 Å². The number of carbonyl (C=O) groups excluding carboxylic acids is 1. The van der Waals surface area contributed by atoms with Gasteiger partial charge in [-0.05, 0) is 43.0 Å². The lowest BCUT2D eigenvalue weighted by Gasteiger charge is -2.17. The van der Waals surface area contributed by atoms with Gasteiger partial charge in [-0.2, -0.15) is 13.2 Å². The van der Waals surface area contributed by atoms with Crippen LogP contribution in [-0.2, 0) is 4.79 Å². The van der Waals surface area contributed by atoms with Crippen molar-refractivity contribution < 1.29 is 22.7 Å². The Bertz CT molecular complexity index is 498.